The lowest BCUT2D eigenvalue weighted by atomic mass is 10.0. The number of aromatic hydroxyl groups is 1. The predicted octanol–water partition coefficient (Wildman–Crippen LogP) is 3.51. The first-order valence-corrected chi connectivity index (χ1v) is 7.16. The molecule has 0 amide bonds. The molecule has 0 bridgehead atoms. The van der Waals surface area contributed by atoms with Crippen molar-refractivity contribution in [3.8, 4) is 23.0 Å². The first-order chi connectivity index (χ1) is 10.6. The number of rotatable bonds is 6. The van der Waals surface area contributed by atoms with Gasteiger partial charge in [-0.2, -0.15) is 0 Å². The quantitative estimate of drug-likeness (QED) is 0.887. The van der Waals surface area contributed by atoms with E-state index in [0.717, 1.165) is 29.5 Å². The Kier molecular flexibility index (Phi) is 5.15. The van der Waals surface area contributed by atoms with Gasteiger partial charge in [0.2, 0.25) is 5.75 Å². The van der Waals surface area contributed by atoms with Gasteiger partial charge in [-0.25, -0.2) is 0 Å². The van der Waals surface area contributed by atoms with Gasteiger partial charge in [-0.3, -0.25) is 0 Å². The van der Waals surface area contributed by atoms with Crippen LogP contribution in [0, 0.1) is 6.92 Å². The van der Waals surface area contributed by atoms with Crippen LogP contribution in [0.15, 0.2) is 30.3 Å². The number of benzene rings is 2. The summed E-state index contributed by atoms with van der Waals surface area (Å²) in [6.07, 6.45) is 1.64. The maximum absolute atomic E-state index is 9.77. The van der Waals surface area contributed by atoms with Gasteiger partial charge in [-0.15, -0.1) is 0 Å². The first kappa shape index (κ1) is 16.0. The highest BCUT2D eigenvalue weighted by molar-refractivity contribution is 5.54. The monoisotopic (exact) mass is 302 g/mol. The fourth-order valence-corrected chi connectivity index (χ4v) is 2.38. The summed E-state index contributed by atoms with van der Waals surface area (Å²) in [5.41, 5.74) is 3.07. The Balaban J connectivity index is 2.20. The smallest absolute Gasteiger partial charge is 0.203 e. The van der Waals surface area contributed by atoms with Crippen LogP contribution in [-0.2, 0) is 12.8 Å². The van der Waals surface area contributed by atoms with Crippen LogP contribution in [-0.4, -0.2) is 26.4 Å². The van der Waals surface area contributed by atoms with E-state index in [-0.39, 0.29) is 0 Å². The van der Waals surface area contributed by atoms with E-state index in [1.807, 2.05) is 37.3 Å². The molecule has 0 heterocycles. The first-order valence-electron chi connectivity index (χ1n) is 7.16. The molecule has 2 rings (SSSR count). The van der Waals surface area contributed by atoms with Crippen molar-refractivity contribution >= 4 is 0 Å². The molecule has 2 aromatic rings. The van der Waals surface area contributed by atoms with Gasteiger partial charge in [-0.1, -0.05) is 12.1 Å². The van der Waals surface area contributed by atoms with Crippen molar-refractivity contribution in [2.75, 3.05) is 21.3 Å². The van der Waals surface area contributed by atoms with Crippen LogP contribution >= 0.6 is 0 Å². The zero-order valence-electron chi connectivity index (χ0n) is 13.5. The third kappa shape index (κ3) is 3.45. The van der Waals surface area contributed by atoms with E-state index < -0.39 is 0 Å². The van der Waals surface area contributed by atoms with Crippen LogP contribution in [0.1, 0.15) is 16.7 Å². The van der Waals surface area contributed by atoms with Crippen molar-refractivity contribution in [1.82, 2.24) is 0 Å². The molecule has 22 heavy (non-hydrogen) atoms. The number of ether oxygens (including phenoxy) is 3. The van der Waals surface area contributed by atoms with Crippen molar-refractivity contribution in [1.29, 1.82) is 0 Å². The Morgan fingerprint density at radius 3 is 1.91 bits per heavy atom. The second-order valence-electron chi connectivity index (χ2n) is 5.15. The summed E-state index contributed by atoms with van der Waals surface area (Å²) < 4.78 is 16.0. The molecule has 0 aromatic heterocycles. The summed E-state index contributed by atoms with van der Waals surface area (Å²) in [7, 11) is 4.81. The molecular formula is C18H22O4. The number of methoxy groups -OCH3 is 3. The molecule has 4 nitrogen and oxygen atoms in total. The third-order valence-corrected chi connectivity index (χ3v) is 3.70. The van der Waals surface area contributed by atoms with Crippen molar-refractivity contribution in [2.45, 2.75) is 19.8 Å². The summed E-state index contributed by atoms with van der Waals surface area (Å²) in [6.45, 7) is 1.89. The van der Waals surface area contributed by atoms with Crippen molar-refractivity contribution in [3.63, 3.8) is 0 Å². The summed E-state index contributed by atoms with van der Waals surface area (Å²) in [4.78, 5) is 0. The number of phenols is 1. The number of hydrogen-bond donors (Lipinski definition) is 1. The average Bonchev–Trinajstić information content (AvgIpc) is 2.54. The Hall–Kier alpha value is -2.36. The van der Waals surface area contributed by atoms with Gasteiger partial charge < -0.3 is 19.3 Å². The molecule has 0 saturated carbocycles. The Morgan fingerprint density at radius 2 is 1.41 bits per heavy atom. The van der Waals surface area contributed by atoms with E-state index in [2.05, 4.69) is 0 Å². The molecule has 0 aliphatic rings. The summed E-state index contributed by atoms with van der Waals surface area (Å²) in [5.74, 6) is 2.25. The Bertz CT molecular complexity index is 625. The molecule has 0 aliphatic carbocycles. The van der Waals surface area contributed by atoms with E-state index >= 15 is 0 Å². The molecule has 0 saturated heterocycles. The van der Waals surface area contributed by atoms with Gasteiger partial charge in [0.15, 0.2) is 11.5 Å². The highest BCUT2D eigenvalue weighted by atomic mass is 16.5. The van der Waals surface area contributed by atoms with Crippen LogP contribution in [0.2, 0.25) is 0 Å². The lowest BCUT2D eigenvalue weighted by Crippen LogP contribution is -1.98. The maximum atomic E-state index is 9.77. The SMILES string of the molecule is COc1cc(CCc2ccc(C)c(O)c2)cc(OC)c1OC. The molecule has 0 aliphatic heterocycles. The maximum Gasteiger partial charge on any atom is 0.203 e. The molecule has 0 fully saturated rings. The molecule has 2 aromatic carbocycles. The molecule has 0 atom stereocenters. The van der Waals surface area contributed by atoms with Crippen LogP contribution in [0.4, 0.5) is 0 Å². The van der Waals surface area contributed by atoms with Crippen molar-refractivity contribution < 1.29 is 19.3 Å². The van der Waals surface area contributed by atoms with E-state index in [4.69, 9.17) is 14.2 Å². The normalized spacial score (nSPS) is 10.4. The second kappa shape index (κ2) is 7.07. The molecule has 1 N–H and O–H groups in total. The van der Waals surface area contributed by atoms with Crippen LogP contribution in [0.3, 0.4) is 0 Å². The molecule has 0 radical (unpaired) electrons. The number of aryl methyl sites for hydroxylation is 3. The molecule has 0 spiro atoms. The predicted molar refractivity (Wildman–Crippen MR) is 86.3 cm³/mol. The molecular weight excluding hydrogens is 280 g/mol. The van der Waals surface area contributed by atoms with Crippen LogP contribution < -0.4 is 14.2 Å². The van der Waals surface area contributed by atoms with Gasteiger partial charge in [0.1, 0.15) is 5.75 Å². The zero-order valence-corrected chi connectivity index (χ0v) is 13.5. The van der Waals surface area contributed by atoms with Crippen molar-refractivity contribution in [2.24, 2.45) is 0 Å². The number of hydrogen-bond acceptors (Lipinski definition) is 4. The summed E-state index contributed by atoms with van der Waals surface area (Å²) in [5, 5.41) is 9.77. The molecule has 4 heteroatoms. The minimum absolute atomic E-state index is 0.336. The van der Waals surface area contributed by atoms with E-state index in [0.29, 0.717) is 23.0 Å². The van der Waals surface area contributed by atoms with Gasteiger partial charge in [0, 0.05) is 0 Å². The summed E-state index contributed by atoms with van der Waals surface area (Å²) in [6, 6.07) is 9.69. The van der Waals surface area contributed by atoms with E-state index in [1.165, 1.54) is 0 Å². The fraction of sp³-hybridized carbons (Fsp3) is 0.333. The minimum atomic E-state index is 0.336. The Labute approximate surface area is 131 Å². The fourth-order valence-electron chi connectivity index (χ4n) is 2.38. The lowest BCUT2D eigenvalue weighted by molar-refractivity contribution is 0.324. The molecule has 0 unspecified atom stereocenters. The summed E-state index contributed by atoms with van der Waals surface area (Å²) >= 11 is 0. The topological polar surface area (TPSA) is 47.9 Å². The van der Waals surface area contributed by atoms with Crippen molar-refractivity contribution in [3.05, 3.63) is 47.0 Å². The second-order valence-corrected chi connectivity index (χ2v) is 5.15. The van der Waals surface area contributed by atoms with Gasteiger partial charge in [0.25, 0.3) is 0 Å². The van der Waals surface area contributed by atoms with Crippen LogP contribution in [0.25, 0.3) is 0 Å². The average molecular weight is 302 g/mol. The standard InChI is InChI=1S/C18H22O4/c1-12-5-6-13(9-15(12)19)7-8-14-10-16(20-2)18(22-4)17(11-14)21-3/h5-6,9-11,19H,7-8H2,1-4H3. The van der Waals surface area contributed by atoms with E-state index in [1.54, 1.807) is 21.3 Å². The van der Waals surface area contributed by atoms with Gasteiger partial charge in [0.05, 0.1) is 21.3 Å². The Morgan fingerprint density at radius 1 is 0.818 bits per heavy atom. The highest BCUT2D eigenvalue weighted by Gasteiger charge is 2.13. The largest absolute Gasteiger partial charge is 0.508 e. The zero-order chi connectivity index (χ0) is 16.1. The van der Waals surface area contributed by atoms with Gasteiger partial charge in [-0.05, 0) is 54.7 Å². The molecule has 118 valence electrons. The minimum Gasteiger partial charge on any atom is -0.508 e. The van der Waals surface area contributed by atoms with Gasteiger partial charge >= 0.3 is 0 Å². The highest BCUT2D eigenvalue weighted by Crippen LogP contribution is 2.38. The van der Waals surface area contributed by atoms with Crippen LogP contribution in [0.5, 0.6) is 23.0 Å². The lowest BCUT2D eigenvalue weighted by Gasteiger charge is -2.14. The van der Waals surface area contributed by atoms with E-state index in [9.17, 15) is 5.11 Å². The number of phenolic OH excluding ortho intramolecular Hbond substituents is 1. The third-order valence-electron chi connectivity index (χ3n) is 3.70.